The van der Waals surface area contributed by atoms with Crippen LogP contribution in [0.15, 0.2) is 0 Å². The minimum absolute atomic E-state index is 0.0763. The van der Waals surface area contributed by atoms with Crippen molar-refractivity contribution in [3.8, 4) is 0 Å². The van der Waals surface area contributed by atoms with E-state index in [1.165, 1.54) is 0 Å². The number of carbonyl (C=O) groups is 1. The minimum atomic E-state index is -2.93. The van der Waals surface area contributed by atoms with E-state index in [-0.39, 0.29) is 23.5 Å². The number of carbonyl (C=O) groups excluding carboxylic acids is 1. The molecule has 1 aliphatic heterocycles. The average Bonchev–Trinajstić information content (AvgIpc) is 2.78. The molecule has 1 atom stereocenters. The van der Waals surface area contributed by atoms with Gasteiger partial charge in [-0.3, -0.25) is 4.79 Å². The Bertz CT molecular complexity index is 578. The van der Waals surface area contributed by atoms with Crippen molar-refractivity contribution in [2.45, 2.75) is 39.2 Å². The lowest BCUT2D eigenvalue weighted by molar-refractivity contribution is -0.121. The Balaban J connectivity index is 1.81. The number of amides is 1. The van der Waals surface area contributed by atoms with Crippen molar-refractivity contribution in [1.29, 1.82) is 0 Å². The van der Waals surface area contributed by atoms with E-state index in [1.54, 1.807) is 11.3 Å². The summed E-state index contributed by atoms with van der Waals surface area (Å²) in [5, 5.41) is 3.81. The highest BCUT2D eigenvalue weighted by Gasteiger charge is 2.28. The number of nitrogens with one attached hydrogen (secondary N) is 1. The number of rotatable bonds is 4. The van der Waals surface area contributed by atoms with Gasteiger partial charge in [0.05, 0.1) is 22.2 Å². The zero-order chi connectivity index (χ0) is 14.0. The van der Waals surface area contributed by atoms with Gasteiger partial charge in [-0.1, -0.05) is 0 Å². The molecule has 1 amide bonds. The molecule has 1 aromatic rings. The third kappa shape index (κ3) is 4.01. The molecule has 0 bridgehead atoms. The lowest BCUT2D eigenvalue weighted by Gasteiger charge is -2.10. The predicted molar refractivity (Wildman–Crippen MR) is 75.1 cm³/mol. The molecule has 1 fully saturated rings. The Kier molecular flexibility index (Phi) is 4.25. The molecule has 19 heavy (non-hydrogen) atoms. The molecule has 1 aromatic heterocycles. The molecular weight excluding hydrogens is 284 g/mol. The van der Waals surface area contributed by atoms with Gasteiger partial charge in [0.2, 0.25) is 5.91 Å². The molecule has 0 aliphatic carbocycles. The molecule has 0 aromatic carbocycles. The molecule has 1 unspecified atom stereocenters. The van der Waals surface area contributed by atoms with Crippen LogP contribution in [0.5, 0.6) is 0 Å². The van der Waals surface area contributed by atoms with E-state index < -0.39 is 9.84 Å². The molecule has 2 rings (SSSR count). The molecule has 0 radical (unpaired) electrons. The van der Waals surface area contributed by atoms with Crippen LogP contribution in [-0.4, -0.2) is 36.9 Å². The number of aromatic nitrogens is 1. The van der Waals surface area contributed by atoms with Crippen LogP contribution in [0.2, 0.25) is 0 Å². The first kappa shape index (κ1) is 14.5. The lowest BCUT2D eigenvalue weighted by Crippen LogP contribution is -2.35. The zero-order valence-electron chi connectivity index (χ0n) is 11.1. The number of hydrogen-bond acceptors (Lipinski definition) is 5. The van der Waals surface area contributed by atoms with E-state index in [1.807, 2.05) is 13.8 Å². The Morgan fingerprint density at radius 2 is 2.21 bits per heavy atom. The van der Waals surface area contributed by atoms with Gasteiger partial charge in [0.15, 0.2) is 9.84 Å². The Labute approximate surface area is 117 Å². The molecule has 5 nitrogen and oxygen atoms in total. The van der Waals surface area contributed by atoms with Gasteiger partial charge in [-0.15, -0.1) is 11.3 Å². The second kappa shape index (κ2) is 5.58. The van der Waals surface area contributed by atoms with Crippen LogP contribution in [0.1, 0.15) is 28.4 Å². The summed E-state index contributed by atoms with van der Waals surface area (Å²) in [4.78, 5) is 17.2. The maximum absolute atomic E-state index is 11.8. The summed E-state index contributed by atoms with van der Waals surface area (Å²) in [6, 6.07) is -0.207. The van der Waals surface area contributed by atoms with Crippen LogP contribution < -0.4 is 5.32 Å². The molecule has 1 aliphatic rings. The van der Waals surface area contributed by atoms with Crippen molar-refractivity contribution in [3.63, 3.8) is 0 Å². The number of aryl methyl sites for hydroxylation is 3. The second-order valence-electron chi connectivity index (χ2n) is 4.91. The third-order valence-corrected chi connectivity index (χ3v) is 6.08. The number of hydrogen-bond donors (Lipinski definition) is 1. The Hall–Kier alpha value is -0.950. The SMILES string of the molecule is Cc1nc(C)c(CCC(=O)NC2CCS(=O)(=O)C2)s1. The van der Waals surface area contributed by atoms with Crippen LogP contribution in [0.3, 0.4) is 0 Å². The normalized spacial score (nSPS) is 21.5. The van der Waals surface area contributed by atoms with Crippen LogP contribution in [0.4, 0.5) is 0 Å². The lowest BCUT2D eigenvalue weighted by atomic mass is 10.2. The molecule has 7 heteroatoms. The smallest absolute Gasteiger partial charge is 0.220 e. The first-order valence-corrected chi connectivity index (χ1v) is 8.92. The highest BCUT2D eigenvalue weighted by Crippen LogP contribution is 2.19. The highest BCUT2D eigenvalue weighted by molar-refractivity contribution is 7.91. The first-order chi connectivity index (χ1) is 8.85. The Morgan fingerprint density at radius 3 is 2.74 bits per heavy atom. The first-order valence-electron chi connectivity index (χ1n) is 6.28. The standard InChI is InChI=1S/C12H18N2O3S2/c1-8-11(18-9(2)13-8)3-4-12(15)14-10-5-6-19(16,17)7-10/h10H,3-7H2,1-2H3,(H,14,15). The van der Waals surface area contributed by atoms with E-state index in [4.69, 9.17) is 0 Å². The number of nitrogens with zero attached hydrogens (tertiary/aromatic N) is 1. The molecule has 0 saturated carbocycles. The summed E-state index contributed by atoms with van der Waals surface area (Å²) in [6.45, 7) is 3.89. The van der Waals surface area contributed by atoms with Gasteiger partial charge in [-0.2, -0.15) is 0 Å². The van der Waals surface area contributed by atoms with E-state index in [0.29, 0.717) is 19.3 Å². The fourth-order valence-electron chi connectivity index (χ4n) is 2.24. The van der Waals surface area contributed by atoms with Gasteiger partial charge in [-0.25, -0.2) is 13.4 Å². The van der Waals surface area contributed by atoms with Gasteiger partial charge >= 0.3 is 0 Å². The van der Waals surface area contributed by atoms with Crippen molar-refractivity contribution in [2.75, 3.05) is 11.5 Å². The van der Waals surface area contributed by atoms with Crippen LogP contribution in [0, 0.1) is 13.8 Å². The van der Waals surface area contributed by atoms with Gasteiger partial charge in [-0.05, 0) is 26.7 Å². The molecule has 2 heterocycles. The molecule has 0 spiro atoms. The summed E-state index contributed by atoms with van der Waals surface area (Å²) >= 11 is 1.61. The van der Waals surface area contributed by atoms with E-state index in [2.05, 4.69) is 10.3 Å². The van der Waals surface area contributed by atoms with Crippen molar-refractivity contribution >= 4 is 27.1 Å². The summed E-state index contributed by atoms with van der Waals surface area (Å²) in [6.07, 6.45) is 1.59. The maximum Gasteiger partial charge on any atom is 0.220 e. The zero-order valence-corrected chi connectivity index (χ0v) is 12.7. The monoisotopic (exact) mass is 302 g/mol. The van der Waals surface area contributed by atoms with E-state index >= 15 is 0 Å². The summed E-state index contributed by atoms with van der Waals surface area (Å²) in [5.41, 5.74) is 0.985. The van der Waals surface area contributed by atoms with Crippen LogP contribution in [0.25, 0.3) is 0 Å². The summed E-state index contributed by atoms with van der Waals surface area (Å²) in [7, 11) is -2.93. The molecule has 106 valence electrons. The van der Waals surface area contributed by atoms with Crippen molar-refractivity contribution in [1.82, 2.24) is 10.3 Å². The van der Waals surface area contributed by atoms with Gasteiger partial charge < -0.3 is 5.32 Å². The Morgan fingerprint density at radius 1 is 1.47 bits per heavy atom. The summed E-state index contributed by atoms with van der Waals surface area (Å²) < 4.78 is 22.6. The largest absolute Gasteiger partial charge is 0.352 e. The summed E-state index contributed by atoms with van der Waals surface area (Å²) in [5.74, 6) is 0.190. The van der Waals surface area contributed by atoms with Crippen LogP contribution >= 0.6 is 11.3 Å². The van der Waals surface area contributed by atoms with Crippen molar-refractivity contribution in [2.24, 2.45) is 0 Å². The van der Waals surface area contributed by atoms with Gasteiger partial charge in [0.1, 0.15) is 0 Å². The van der Waals surface area contributed by atoms with Crippen LogP contribution in [-0.2, 0) is 21.1 Å². The third-order valence-electron chi connectivity index (χ3n) is 3.18. The fraction of sp³-hybridized carbons (Fsp3) is 0.667. The quantitative estimate of drug-likeness (QED) is 0.900. The predicted octanol–water partition coefficient (Wildman–Crippen LogP) is 0.996. The second-order valence-corrected chi connectivity index (χ2v) is 8.43. The van der Waals surface area contributed by atoms with Gasteiger partial charge in [0.25, 0.3) is 0 Å². The maximum atomic E-state index is 11.8. The number of sulfone groups is 1. The van der Waals surface area contributed by atoms with Gasteiger partial charge in [0, 0.05) is 17.3 Å². The number of thiazole rings is 1. The highest BCUT2D eigenvalue weighted by atomic mass is 32.2. The fourth-order valence-corrected chi connectivity index (χ4v) is 4.85. The topological polar surface area (TPSA) is 76.1 Å². The molecular formula is C12H18N2O3S2. The minimum Gasteiger partial charge on any atom is -0.352 e. The van der Waals surface area contributed by atoms with Crippen molar-refractivity contribution < 1.29 is 13.2 Å². The average molecular weight is 302 g/mol. The molecule has 1 saturated heterocycles. The van der Waals surface area contributed by atoms with Crippen molar-refractivity contribution in [3.05, 3.63) is 15.6 Å². The van der Waals surface area contributed by atoms with E-state index in [0.717, 1.165) is 15.6 Å². The molecule has 1 N–H and O–H groups in total. The van der Waals surface area contributed by atoms with E-state index in [9.17, 15) is 13.2 Å².